The number of hydrogen-bond acceptors (Lipinski definition) is 4. The third-order valence-electron chi connectivity index (χ3n) is 4.24. The Bertz CT molecular complexity index is 592. The summed E-state index contributed by atoms with van der Waals surface area (Å²) in [7, 11) is -2.06. The van der Waals surface area contributed by atoms with Crippen molar-refractivity contribution in [1.29, 1.82) is 0 Å². The molecule has 6 heteroatoms. The van der Waals surface area contributed by atoms with E-state index in [9.17, 15) is 8.42 Å². The van der Waals surface area contributed by atoms with Crippen LogP contribution in [-0.2, 0) is 10.0 Å². The Morgan fingerprint density at radius 1 is 1.40 bits per heavy atom. The van der Waals surface area contributed by atoms with E-state index >= 15 is 0 Å². The van der Waals surface area contributed by atoms with Crippen LogP contribution in [0.15, 0.2) is 23.1 Å². The van der Waals surface area contributed by atoms with Gasteiger partial charge >= 0.3 is 0 Å². The summed E-state index contributed by atoms with van der Waals surface area (Å²) in [5.74, 6) is 1.01. The molecule has 5 nitrogen and oxygen atoms in total. The molecule has 112 valence electrons. The summed E-state index contributed by atoms with van der Waals surface area (Å²) in [6.07, 6.45) is 2.15. The van der Waals surface area contributed by atoms with Crippen molar-refractivity contribution in [2.24, 2.45) is 11.3 Å². The molecule has 20 heavy (non-hydrogen) atoms. The predicted octanol–water partition coefficient (Wildman–Crippen LogP) is 1.99. The minimum absolute atomic E-state index is 0.109. The zero-order valence-electron chi connectivity index (χ0n) is 12.1. The van der Waals surface area contributed by atoms with Crippen LogP contribution < -0.4 is 15.2 Å². The Morgan fingerprint density at radius 3 is 2.50 bits per heavy atom. The molecule has 0 amide bonds. The summed E-state index contributed by atoms with van der Waals surface area (Å²) in [5, 5.41) is 0. The van der Waals surface area contributed by atoms with E-state index in [0.717, 1.165) is 12.8 Å². The first kappa shape index (κ1) is 15.1. The molecule has 0 bridgehead atoms. The van der Waals surface area contributed by atoms with E-state index in [1.165, 1.54) is 19.2 Å². The summed E-state index contributed by atoms with van der Waals surface area (Å²) < 4.78 is 32.3. The molecule has 0 radical (unpaired) electrons. The lowest BCUT2D eigenvalue weighted by Crippen LogP contribution is -2.33. The lowest BCUT2D eigenvalue weighted by atomic mass is 9.93. The second-order valence-corrected chi connectivity index (χ2v) is 7.48. The summed E-state index contributed by atoms with van der Waals surface area (Å²) >= 11 is 0. The van der Waals surface area contributed by atoms with Crippen LogP contribution in [0.2, 0.25) is 0 Å². The Balaban J connectivity index is 2.15. The zero-order chi connectivity index (χ0) is 15.0. The standard InChI is InChI=1S/C14H22N2O3S/c1-10(2)14(6-7-14)9-16-20(17,18)13-5-4-11(19-3)8-12(13)15/h4-5,8,10,16H,6-7,9,15H2,1-3H3. The minimum atomic E-state index is -3.57. The fraction of sp³-hybridized carbons (Fsp3) is 0.571. The van der Waals surface area contributed by atoms with Crippen LogP contribution in [0.4, 0.5) is 5.69 Å². The molecule has 1 aromatic rings. The predicted molar refractivity (Wildman–Crippen MR) is 79.1 cm³/mol. The molecule has 1 saturated carbocycles. The zero-order valence-corrected chi connectivity index (χ0v) is 13.0. The van der Waals surface area contributed by atoms with Crippen LogP contribution in [0.1, 0.15) is 26.7 Å². The first-order valence-electron chi connectivity index (χ1n) is 6.74. The minimum Gasteiger partial charge on any atom is -0.497 e. The van der Waals surface area contributed by atoms with Gasteiger partial charge in [0, 0.05) is 12.6 Å². The molecular formula is C14H22N2O3S. The van der Waals surface area contributed by atoms with Gasteiger partial charge in [0.05, 0.1) is 12.8 Å². The van der Waals surface area contributed by atoms with Crippen molar-refractivity contribution in [3.63, 3.8) is 0 Å². The molecule has 0 unspecified atom stereocenters. The molecular weight excluding hydrogens is 276 g/mol. The van der Waals surface area contributed by atoms with E-state index in [2.05, 4.69) is 18.6 Å². The molecule has 0 aromatic heterocycles. The van der Waals surface area contributed by atoms with Crippen molar-refractivity contribution < 1.29 is 13.2 Å². The number of anilines is 1. The maximum absolute atomic E-state index is 12.3. The van der Waals surface area contributed by atoms with Gasteiger partial charge in [0.2, 0.25) is 10.0 Å². The molecule has 0 spiro atoms. The molecule has 2 rings (SSSR count). The summed E-state index contributed by atoms with van der Waals surface area (Å²) in [6, 6.07) is 4.59. The third kappa shape index (κ3) is 2.91. The molecule has 1 aromatic carbocycles. The molecule has 0 saturated heterocycles. The number of nitrogens with one attached hydrogen (secondary N) is 1. The van der Waals surface area contributed by atoms with Gasteiger partial charge in [-0.3, -0.25) is 0 Å². The van der Waals surface area contributed by atoms with Crippen LogP contribution in [0, 0.1) is 11.3 Å². The number of nitrogen functional groups attached to an aromatic ring is 1. The van der Waals surface area contributed by atoms with Crippen LogP contribution in [0.25, 0.3) is 0 Å². The van der Waals surface area contributed by atoms with Gasteiger partial charge in [-0.2, -0.15) is 0 Å². The smallest absolute Gasteiger partial charge is 0.242 e. The van der Waals surface area contributed by atoms with Gasteiger partial charge in [-0.25, -0.2) is 13.1 Å². The molecule has 1 fully saturated rings. The number of nitrogens with two attached hydrogens (primary N) is 1. The van der Waals surface area contributed by atoms with Gasteiger partial charge in [-0.15, -0.1) is 0 Å². The topological polar surface area (TPSA) is 81.4 Å². The molecule has 1 aliphatic rings. The number of methoxy groups -OCH3 is 1. The second kappa shape index (κ2) is 5.26. The second-order valence-electron chi connectivity index (χ2n) is 5.75. The van der Waals surface area contributed by atoms with E-state index in [0.29, 0.717) is 18.2 Å². The molecule has 3 N–H and O–H groups in total. The quantitative estimate of drug-likeness (QED) is 0.787. The number of rotatable bonds is 6. The van der Waals surface area contributed by atoms with Crippen molar-refractivity contribution in [3.8, 4) is 5.75 Å². The Morgan fingerprint density at radius 2 is 2.05 bits per heavy atom. The van der Waals surface area contributed by atoms with Crippen molar-refractivity contribution >= 4 is 15.7 Å². The lowest BCUT2D eigenvalue weighted by Gasteiger charge is -2.20. The fourth-order valence-corrected chi connectivity index (χ4v) is 3.58. The third-order valence-corrected chi connectivity index (χ3v) is 5.71. The van der Waals surface area contributed by atoms with Crippen molar-refractivity contribution in [3.05, 3.63) is 18.2 Å². The highest BCUT2D eigenvalue weighted by Gasteiger charge is 2.45. The van der Waals surface area contributed by atoms with E-state index in [4.69, 9.17) is 10.5 Å². The molecule has 0 heterocycles. The number of benzene rings is 1. The van der Waals surface area contributed by atoms with Crippen LogP contribution in [0.3, 0.4) is 0 Å². The van der Waals surface area contributed by atoms with Crippen molar-refractivity contribution in [2.75, 3.05) is 19.4 Å². The summed E-state index contributed by atoms with van der Waals surface area (Å²) in [4.78, 5) is 0.109. The largest absolute Gasteiger partial charge is 0.497 e. The Labute approximate surface area is 120 Å². The van der Waals surface area contributed by atoms with E-state index in [1.54, 1.807) is 6.07 Å². The van der Waals surface area contributed by atoms with Gasteiger partial charge in [-0.1, -0.05) is 13.8 Å². The summed E-state index contributed by atoms with van der Waals surface area (Å²) in [6.45, 7) is 4.73. The highest BCUT2D eigenvalue weighted by Crippen LogP contribution is 2.51. The van der Waals surface area contributed by atoms with Crippen LogP contribution in [-0.4, -0.2) is 22.1 Å². The van der Waals surface area contributed by atoms with E-state index in [-0.39, 0.29) is 16.0 Å². The highest BCUT2D eigenvalue weighted by atomic mass is 32.2. The first-order valence-corrected chi connectivity index (χ1v) is 8.22. The number of ether oxygens (including phenoxy) is 1. The summed E-state index contributed by atoms with van der Waals surface area (Å²) in [5.41, 5.74) is 6.12. The maximum atomic E-state index is 12.3. The van der Waals surface area contributed by atoms with Crippen LogP contribution in [0.5, 0.6) is 5.75 Å². The van der Waals surface area contributed by atoms with Gasteiger partial charge in [0.1, 0.15) is 10.6 Å². The van der Waals surface area contributed by atoms with E-state index < -0.39 is 10.0 Å². The first-order chi connectivity index (χ1) is 9.31. The Kier molecular flexibility index (Phi) is 3.97. The van der Waals surface area contributed by atoms with Gasteiger partial charge in [-0.05, 0) is 36.3 Å². The highest BCUT2D eigenvalue weighted by molar-refractivity contribution is 7.89. The molecule has 0 atom stereocenters. The molecule has 1 aliphatic carbocycles. The maximum Gasteiger partial charge on any atom is 0.242 e. The molecule has 0 aliphatic heterocycles. The van der Waals surface area contributed by atoms with Crippen LogP contribution >= 0.6 is 0 Å². The lowest BCUT2D eigenvalue weighted by molar-refractivity contribution is 0.357. The van der Waals surface area contributed by atoms with Gasteiger partial charge in [0.15, 0.2) is 0 Å². The fourth-order valence-electron chi connectivity index (χ4n) is 2.33. The SMILES string of the molecule is COc1ccc(S(=O)(=O)NCC2(C(C)C)CC2)c(N)c1. The Hall–Kier alpha value is -1.27. The van der Waals surface area contributed by atoms with E-state index in [1.807, 2.05) is 0 Å². The average molecular weight is 298 g/mol. The monoisotopic (exact) mass is 298 g/mol. The van der Waals surface area contributed by atoms with Gasteiger partial charge < -0.3 is 10.5 Å². The van der Waals surface area contributed by atoms with Crippen molar-refractivity contribution in [1.82, 2.24) is 4.72 Å². The normalized spacial score (nSPS) is 17.2. The average Bonchev–Trinajstić information content (AvgIpc) is 3.17. The van der Waals surface area contributed by atoms with Gasteiger partial charge in [0.25, 0.3) is 0 Å². The van der Waals surface area contributed by atoms with Crippen molar-refractivity contribution in [2.45, 2.75) is 31.6 Å². The number of hydrogen-bond donors (Lipinski definition) is 2. The number of sulfonamides is 1.